The molecule has 9 heteroatoms. The number of nitrogens with one attached hydrogen (secondary N) is 2. The molecule has 39 heavy (non-hydrogen) atoms. The Morgan fingerprint density at radius 1 is 1.15 bits per heavy atom. The first kappa shape index (κ1) is 28.5. The molecule has 3 aliphatic rings. The molecule has 1 saturated carbocycles. The van der Waals surface area contributed by atoms with E-state index in [0.29, 0.717) is 41.5 Å². The van der Waals surface area contributed by atoms with E-state index in [9.17, 15) is 19.8 Å². The van der Waals surface area contributed by atoms with E-state index < -0.39 is 35.3 Å². The van der Waals surface area contributed by atoms with Crippen LogP contribution in [0.5, 0.6) is 0 Å². The number of carbonyl (C=O) groups excluding carboxylic acids is 2. The maximum Gasteiger partial charge on any atom is 0.237 e. The Kier molecular flexibility index (Phi) is 8.65. The van der Waals surface area contributed by atoms with Gasteiger partial charge in [-0.2, -0.15) is 0 Å². The number of amides is 1. The minimum Gasteiger partial charge on any atom is -0.394 e. The van der Waals surface area contributed by atoms with Gasteiger partial charge < -0.3 is 20.8 Å². The first-order valence-electron chi connectivity index (χ1n) is 13.9. The molecule has 0 bridgehead atoms. The van der Waals surface area contributed by atoms with Crippen LogP contribution in [-0.2, 0) is 15.0 Å². The maximum absolute atomic E-state index is 15.0. The van der Waals surface area contributed by atoms with Crippen molar-refractivity contribution < 1.29 is 24.2 Å². The molecule has 5 rings (SSSR count). The molecule has 2 aliphatic heterocycles. The summed E-state index contributed by atoms with van der Waals surface area (Å²) in [6.45, 7) is -0.362. The number of hydrogen-bond donors (Lipinski definition) is 4. The number of aliphatic hydroxyl groups is 2. The Labute approximate surface area is 238 Å². The highest BCUT2D eigenvalue weighted by Gasteiger charge is 2.65. The van der Waals surface area contributed by atoms with Crippen molar-refractivity contribution in [3.05, 3.63) is 63.4 Å². The van der Waals surface area contributed by atoms with Gasteiger partial charge >= 0.3 is 0 Å². The topological polar surface area (TPSA) is 98.7 Å². The van der Waals surface area contributed by atoms with Gasteiger partial charge in [-0.25, -0.2) is 4.39 Å². The van der Waals surface area contributed by atoms with Gasteiger partial charge in [0.05, 0.1) is 23.8 Å². The molecular weight excluding hydrogens is 542 g/mol. The summed E-state index contributed by atoms with van der Waals surface area (Å²) in [6, 6.07) is 8.87. The molecule has 2 fully saturated rings. The van der Waals surface area contributed by atoms with Crippen LogP contribution in [-0.4, -0.2) is 46.7 Å². The summed E-state index contributed by atoms with van der Waals surface area (Å²) in [5.41, 5.74) is 0.466. The molecule has 1 amide bonds. The highest BCUT2D eigenvalue weighted by atomic mass is 35.5. The molecule has 1 spiro atoms. The van der Waals surface area contributed by atoms with Gasteiger partial charge in [0, 0.05) is 29.1 Å². The van der Waals surface area contributed by atoms with E-state index in [1.54, 1.807) is 18.2 Å². The quantitative estimate of drug-likeness (QED) is 0.315. The number of carbonyl (C=O) groups is 2. The number of anilines is 1. The highest BCUT2D eigenvalue weighted by Crippen LogP contribution is 2.57. The fourth-order valence-electron chi connectivity index (χ4n) is 7.12. The lowest BCUT2D eigenvalue weighted by atomic mass is 9.62. The smallest absolute Gasteiger partial charge is 0.237 e. The van der Waals surface area contributed by atoms with E-state index in [4.69, 9.17) is 23.2 Å². The molecule has 6 nitrogen and oxygen atoms in total. The zero-order valence-electron chi connectivity index (χ0n) is 21.8. The zero-order valence-corrected chi connectivity index (χ0v) is 23.3. The largest absolute Gasteiger partial charge is 0.394 e. The van der Waals surface area contributed by atoms with Crippen LogP contribution in [0.2, 0.25) is 10.0 Å². The molecular formula is C30H35Cl2FN2O4. The van der Waals surface area contributed by atoms with Gasteiger partial charge in [0.15, 0.2) is 0 Å². The summed E-state index contributed by atoms with van der Waals surface area (Å²) in [4.78, 5) is 28.0. The first-order chi connectivity index (χ1) is 18.7. The molecule has 4 N–H and O–H groups in total. The Morgan fingerprint density at radius 2 is 1.92 bits per heavy atom. The summed E-state index contributed by atoms with van der Waals surface area (Å²) in [6.07, 6.45) is 6.21. The third-order valence-electron chi connectivity index (χ3n) is 8.90. The number of fused-ring (bicyclic) bond motifs is 2. The number of ketones is 1. The Bertz CT molecular complexity index is 1240. The van der Waals surface area contributed by atoms with Crippen LogP contribution in [0.4, 0.5) is 10.1 Å². The number of aliphatic hydroxyl groups excluding tert-OH is 2. The molecule has 210 valence electrons. The highest BCUT2D eigenvalue weighted by molar-refractivity contribution is 6.31. The van der Waals surface area contributed by atoms with E-state index in [1.807, 2.05) is 6.07 Å². The maximum atomic E-state index is 15.0. The van der Waals surface area contributed by atoms with Gasteiger partial charge in [-0.15, -0.1) is 0 Å². The van der Waals surface area contributed by atoms with Gasteiger partial charge in [-0.05, 0) is 60.6 Å². The second kappa shape index (κ2) is 11.8. The molecule has 0 aromatic heterocycles. The van der Waals surface area contributed by atoms with E-state index >= 15 is 4.39 Å². The van der Waals surface area contributed by atoms with Crippen LogP contribution in [0, 0.1) is 11.7 Å². The molecule has 0 radical (unpaired) electrons. The van der Waals surface area contributed by atoms with Gasteiger partial charge in [-0.1, -0.05) is 67.4 Å². The number of rotatable bonds is 9. The lowest BCUT2D eigenvalue weighted by Crippen LogP contribution is -2.49. The van der Waals surface area contributed by atoms with Gasteiger partial charge in [-0.3, -0.25) is 9.59 Å². The number of halogens is 3. The molecule has 1 aliphatic carbocycles. The van der Waals surface area contributed by atoms with Crippen molar-refractivity contribution in [3.63, 3.8) is 0 Å². The van der Waals surface area contributed by atoms with Crippen molar-refractivity contribution in [2.75, 3.05) is 11.9 Å². The van der Waals surface area contributed by atoms with Crippen molar-refractivity contribution in [3.8, 4) is 0 Å². The molecule has 5 atom stereocenters. The Hall–Kier alpha value is -2.03. The fraction of sp³-hybridized carbons (Fsp3) is 0.533. The third-order valence-corrected chi connectivity index (χ3v) is 9.43. The van der Waals surface area contributed by atoms with E-state index in [-0.39, 0.29) is 29.7 Å². The summed E-state index contributed by atoms with van der Waals surface area (Å²) in [5, 5.41) is 25.9. The summed E-state index contributed by atoms with van der Waals surface area (Å²) < 4.78 is 15.0. The molecule has 2 aromatic rings. The van der Waals surface area contributed by atoms with Crippen LogP contribution in [0.3, 0.4) is 0 Å². The molecule has 0 unspecified atom stereocenters. The molecule has 2 aromatic carbocycles. The SMILES string of the molecule is O=C(CCC[C@H](O)CO)[C@@H]1N[C@H](CC2CCCCC2)[C@]2(C(=O)Nc3cc(Cl)c(F)cc32)[C@H]1c1cccc(Cl)c1. The number of Topliss-reactive ketones (excluding diaryl/α,β-unsaturated/α-hetero) is 1. The number of benzene rings is 2. The van der Waals surface area contributed by atoms with Crippen LogP contribution in [0.15, 0.2) is 36.4 Å². The van der Waals surface area contributed by atoms with Crippen LogP contribution in [0.25, 0.3) is 0 Å². The standard InChI is InChI=1S/C30H35Cl2FN2O4/c31-19-9-4-8-18(13-19)27-28(25(38)11-5-10-20(37)16-36)35-26(12-17-6-2-1-3-7-17)30(27)21-14-23(33)22(32)15-24(21)34-29(30)39/h4,8-9,13-15,17,20,26-28,35-37H,1-3,5-7,10-12,16H2,(H,34,39)/t20-,26+,27-,28-,30-/m0/s1. The lowest BCUT2D eigenvalue weighted by molar-refractivity contribution is -0.122. The minimum absolute atomic E-state index is 0.0738. The summed E-state index contributed by atoms with van der Waals surface area (Å²) in [7, 11) is 0. The second-order valence-electron chi connectivity index (χ2n) is 11.3. The van der Waals surface area contributed by atoms with Crippen molar-refractivity contribution in [2.24, 2.45) is 5.92 Å². The predicted molar refractivity (Wildman–Crippen MR) is 150 cm³/mol. The Morgan fingerprint density at radius 3 is 2.64 bits per heavy atom. The number of hydrogen-bond acceptors (Lipinski definition) is 5. The second-order valence-corrected chi connectivity index (χ2v) is 12.1. The van der Waals surface area contributed by atoms with E-state index in [1.165, 1.54) is 18.6 Å². The monoisotopic (exact) mass is 576 g/mol. The van der Waals surface area contributed by atoms with Crippen LogP contribution >= 0.6 is 23.2 Å². The van der Waals surface area contributed by atoms with Gasteiger partial charge in [0.2, 0.25) is 5.91 Å². The van der Waals surface area contributed by atoms with Crippen molar-refractivity contribution >= 4 is 40.6 Å². The van der Waals surface area contributed by atoms with Crippen LogP contribution in [0.1, 0.15) is 74.8 Å². The van der Waals surface area contributed by atoms with Crippen molar-refractivity contribution in [1.29, 1.82) is 0 Å². The predicted octanol–water partition coefficient (Wildman–Crippen LogP) is 5.51. The average molecular weight is 578 g/mol. The fourth-order valence-corrected chi connectivity index (χ4v) is 7.48. The normalized spacial score (nSPS) is 27.5. The van der Waals surface area contributed by atoms with E-state index in [0.717, 1.165) is 31.2 Å². The third kappa shape index (κ3) is 5.36. The molecule has 2 heterocycles. The zero-order chi connectivity index (χ0) is 27.7. The van der Waals surface area contributed by atoms with Crippen molar-refractivity contribution in [1.82, 2.24) is 5.32 Å². The lowest BCUT2D eigenvalue weighted by Gasteiger charge is -2.37. The van der Waals surface area contributed by atoms with E-state index in [2.05, 4.69) is 10.6 Å². The summed E-state index contributed by atoms with van der Waals surface area (Å²) >= 11 is 12.5. The van der Waals surface area contributed by atoms with Crippen LogP contribution < -0.4 is 10.6 Å². The van der Waals surface area contributed by atoms with Gasteiger partial charge in [0.25, 0.3) is 0 Å². The summed E-state index contributed by atoms with van der Waals surface area (Å²) in [5.74, 6) is -1.23. The van der Waals surface area contributed by atoms with Crippen molar-refractivity contribution in [2.45, 2.75) is 87.3 Å². The minimum atomic E-state index is -1.24. The van der Waals surface area contributed by atoms with Gasteiger partial charge in [0.1, 0.15) is 17.0 Å². The molecule has 1 saturated heterocycles. The average Bonchev–Trinajstić information content (AvgIpc) is 3.40. The first-order valence-corrected chi connectivity index (χ1v) is 14.7. The Balaban J connectivity index is 1.62.